The lowest BCUT2D eigenvalue weighted by Gasteiger charge is -2.24. The molecule has 0 aliphatic carbocycles. The van der Waals surface area contributed by atoms with E-state index in [0.717, 1.165) is 50.6 Å². The highest BCUT2D eigenvalue weighted by atomic mass is 16.5. The number of hydrogen-bond donors (Lipinski definition) is 0. The van der Waals surface area contributed by atoms with Crippen LogP contribution in [0, 0.1) is 5.92 Å². The van der Waals surface area contributed by atoms with Crippen molar-refractivity contribution < 1.29 is 14.3 Å². The van der Waals surface area contributed by atoms with Crippen molar-refractivity contribution in [2.75, 3.05) is 44.7 Å². The van der Waals surface area contributed by atoms with Crippen LogP contribution in [0.4, 0.5) is 5.69 Å². The third-order valence-electron chi connectivity index (χ3n) is 6.01. The summed E-state index contributed by atoms with van der Waals surface area (Å²) in [5, 5.41) is 0. The summed E-state index contributed by atoms with van der Waals surface area (Å²) in [6, 6.07) is 17.9. The lowest BCUT2D eigenvalue weighted by Crippen LogP contribution is -2.39. The van der Waals surface area contributed by atoms with Crippen LogP contribution >= 0.6 is 0 Å². The normalized spacial score (nSPS) is 20.3. The SMILES string of the molecule is COc1ccc(N2CC(C(=O)N3CCCN(Cc4ccccc4)CC3)CC2=O)cc1. The van der Waals surface area contributed by atoms with E-state index in [0.29, 0.717) is 6.54 Å². The molecule has 2 saturated heterocycles. The van der Waals surface area contributed by atoms with Crippen LogP contribution in [-0.2, 0) is 16.1 Å². The zero-order chi connectivity index (χ0) is 20.9. The number of amides is 2. The summed E-state index contributed by atoms with van der Waals surface area (Å²) >= 11 is 0. The fourth-order valence-corrected chi connectivity index (χ4v) is 4.33. The van der Waals surface area contributed by atoms with Crippen LogP contribution in [0.15, 0.2) is 54.6 Å². The predicted molar refractivity (Wildman–Crippen MR) is 116 cm³/mol. The van der Waals surface area contributed by atoms with E-state index >= 15 is 0 Å². The van der Waals surface area contributed by atoms with Crippen molar-refractivity contribution in [3.63, 3.8) is 0 Å². The number of hydrogen-bond acceptors (Lipinski definition) is 4. The molecule has 0 bridgehead atoms. The van der Waals surface area contributed by atoms with Crippen LogP contribution in [0.2, 0.25) is 0 Å². The molecule has 2 fully saturated rings. The minimum atomic E-state index is -0.264. The first-order valence-electron chi connectivity index (χ1n) is 10.6. The molecule has 1 unspecified atom stereocenters. The van der Waals surface area contributed by atoms with Gasteiger partial charge in [-0.05, 0) is 36.2 Å². The van der Waals surface area contributed by atoms with Gasteiger partial charge in [-0.25, -0.2) is 0 Å². The molecular formula is C24H29N3O3. The Morgan fingerprint density at radius 3 is 2.50 bits per heavy atom. The number of nitrogens with zero attached hydrogens (tertiary/aromatic N) is 3. The summed E-state index contributed by atoms with van der Waals surface area (Å²) in [6.45, 7) is 4.70. The summed E-state index contributed by atoms with van der Waals surface area (Å²) < 4.78 is 5.19. The maximum absolute atomic E-state index is 13.1. The highest BCUT2D eigenvalue weighted by molar-refractivity contribution is 6.00. The van der Waals surface area contributed by atoms with Crippen LogP contribution < -0.4 is 9.64 Å². The van der Waals surface area contributed by atoms with Crippen LogP contribution in [0.1, 0.15) is 18.4 Å². The van der Waals surface area contributed by atoms with E-state index in [9.17, 15) is 9.59 Å². The molecule has 158 valence electrons. The Morgan fingerprint density at radius 1 is 1.00 bits per heavy atom. The molecule has 1 atom stereocenters. The van der Waals surface area contributed by atoms with E-state index in [-0.39, 0.29) is 24.2 Å². The van der Waals surface area contributed by atoms with Crippen LogP contribution in [0.25, 0.3) is 0 Å². The number of benzene rings is 2. The smallest absolute Gasteiger partial charge is 0.228 e. The van der Waals surface area contributed by atoms with Crippen molar-refractivity contribution >= 4 is 17.5 Å². The molecule has 2 aliphatic heterocycles. The van der Waals surface area contributed by atoms with Crippen molar-refractivity contribution in [2.45, 2.75) is 19.4 Å². The Morgan fingerprint density at radius 2 is 1.77 bits per heavy atom. The lowest BCUT2D eigenvalue weighted by atomic mass is 10.1. The number of anilines is 1. The minimum Gasteiger partial charge on any atom is -0.497 e. The lowest BCUT2D eigenvalue weighted by molar-refractivity contribution is -0.135. The second-order valence-corrected chi connectivity index (χ2v) is 8.04. The number of rotatable bonds is 5. The van der Waals surface area contributed by atoms with Crippen molar-refractivity contribution in [3.8, 4) is 5.75 Å². The monoisotopic (exact) mass is 407 g/mol. The second-order valence-electron chi connectivity index (χ2n) is 8.04. The molecule has 2 aliphatic rings. The number of carbonyl (C=O) groups is 2. The second kappa shape index (κ2) is 9.30. The predicted octanol–water partition coefficient (Wildman–Crippen LogP) is 2.78. The topological polar surface area (TPSA) is 53.1 Å². The summed E-state index contributed by atoms with van der Waals surface area (Å²) in [4.78, 5) is 31.8. The molecule has 6 nitrogen and oxygen atoms in total. The largest absolute Gasteiger partial charge is 0.497 e. The van der Waals surface area contributed by atoms with Gasteiger partial charge in [-0.15, -0.1) is 0 Å². The minimum absolute atomic E-state index is 0.0130. The highest BCUT2D eigenvalue weighted by Crippen LogP contribution is 2.28. The molecular weight excluding hydrogens is 378 g/mol. The van der Waals surface area contributed by atoms with Gasteiger partial charge in [0.2, 0.25) is 11.8 Å². The molecule has 0 saturated carbocycles. The maximum atomic E-state index is 13.1. The van der Waals surface area contributed by atoms with E-state index in [1.165, 1.54) is 5.56 Å². The van der Waals surface area contributed by atoms with Crippen molar-refractivity contribution in [3.05, 3.63) is 60.2 Å². The van der Waals surface area contributed by atoms with Gasteiger partial charge in [-0.2, -0.15) is 0 Å². The van der Waals surface area contributed by atoms with Crippen molar-refractivity contribution in [1.29, 1.82) is 0 Å². The van der Waals surface area contributed by atoms with Gasteiger partial charge >= 0.3 is 0 Å². The third kappa shape index (κ3) is 4.65. The van der Waals surface area contributed by atoms with Crippen LogP contribution in [-0.4, -0.2) is 61.4 Å². The molecule has 30 heavy (non-hydrogen) atoms. The fourth-order valence-electron chi connectivity index (χ4n) is 4.33. The van der Waals surface area contributed by atoms with E-state index in [4.69, 9.17) is 4.74 Å². The molecule has 2 aromatic carbocycles. The van der Waals surface area contributed by atoms with Gasteiger partial charge in [0.1, 0.15) is 5.75 Å². The Bertz CT molecular complexity index is 869. The van der Waals surface area contributed by atoms with Gasteiger partial charge in [0.15, 0.2) is 0 Å². The Balaban J connectivity index is 1.34. The molecule has 2 heterocycles. The molecule has 4 rings (SSSR count). The van der Waals surface area contributed by atoms with Gasteiger partial charge < -0.3 is 14.5 Å². The number of methoxy groups -OCH3 is 1. The van der Waals surface area contributed by atoms with Gasteiger partial charge in [0, 0.05) is 51.4 Å². The van der Waals surface area contributed by atoms with E-state index < -0.39 is 0 Å². The summed E-state index contributed by atoms with van der Waals surface area (Å²) in [5.74, 6) is 0.614. The van der Waals surface area contributed by atoms with Gasteiger partial charge in [0.25, 0.3) is 0 Å². The standard InChI is InChI=1S/C24H29N3O3/c1-30-22-10-8-21(9-11-22)27-18-20(16-23(27)28)24(29)26-13-5-12-25(14-15-26)17-19-6-3-2-4-7-19/h2-4,6-11,20H,5,12-18H2,1H3. The molecule has 0 N–H and O–H groups in total. The molecule has 6 heteroatoms. The molecule has 0 spiro atoms. The van der Waals surface area contributed by atoms with Crippen LogP contribution in [0.3, 0.4) is 0 Å². The Kier molecular flexibility index (Phi) is 6.33. The summed E-state index contributed by atoms with van der Waals surface area (Å²) in [5.41, 5.74) is 2.12. The third-order valence-corrected chi connectivity index (χ3v) is 6.01. The van der Waals surface area contributed by atoms with Crippen molar-refractivity contribution in [2.24, 2.45) is 5.92 Å². The zero-order valence-electron chi connectivity index (χ0n) is 17.5. The molecule has 0 aromatic heterocycles. The maximum Gasteiger partial charge on any atom is 0.228 e. The first-order chi connectivity index (χ1) is 14.6. The molecule has 2 amide bonds. The average Bonchev–Trinajstić information content (AvgIpc) is 3.02. The van der Waals surface area contributed by atoms with E-state index in [1.807, 2.05) is 35.2 Å². The highest BCUT2D eigenvalue weighted by Gasteiger charge is 2.37. The Hall–Kier alpha value is -2.86. The fraction of sp³-hybridized carbons (Fsp3) is 0.417. The van der Waals surface area contributed by atoms with Gasteiger partial charge in [-0.3, -0.25) is 14.5 Å². The number of carbonyl (C=O) groups excluding carboxylic acids is 2. The molecule has 2 aromatic rings. The van der Waals surface area contributed by atoms with Gasteiger partial charge in [0.05, 0.1) is 13.0 Å². The first-order valence-corrected chi connectivity index (χ1v) is 10.6. The van der Waals surface area contributed by atoms with Gasteiger partial charge in [-0.1, -0.05) is 30.3 Å². The average molecular weight is 408 g/mol. The molecule has 0 radical (unpaired) electrons. The van der Waals surface area contributed by atoms with Crippen LogP contribution in [0.5, 0.6) is 5.75 Å². The number of ether oxygens (including phenoxy) is 1. The van der Waals surface area contributed by atoms with E-state index in [1.54, 1.807) is 12.0 Å². The summed E-state index contributed by atoms with van der Waals surface area (Å²) in [7, 11) is 1.62. The van der Waals surface area contributed by atoms with Crippen molar-refractivity contribution in [1.82, 2.24) is 9.80 Å². The van der Waals surface area contributed by atoms with E-state index in [2.05, 4.69) is 29.2 Å². The Labute approximate surface area is 178 Å². The first kappa shape index (κ1) is 20.4. The quantitative estimate of drug-likeness (QED) is 0.765. The zero-order valence-corrected chi connectivity index (χ0v) is 17.5. The summed E-state index contributed by atoms with van der Waals surface area (Å²) in [6.07, 6.45) is 1.25.